The molecule has 0 fully saturated rings. The molecule has 0 amide bonds. The van der Waals surface area contributed by atoms with E-state index < -0.39 is 0 Å². The smallest absolute Gasteiger partial charge is 0.117 e. The average molecular weight is 569 g/mol. The van der Waals surface area contributed by atoms with Gasteiger partial charge in [-0.3, -0.25) is 0 Å². The van der Waals surface area contributed by atoms with Crippen LogP contribution in [-0.2, 0) is 6.54 Å². The van der Waals surface area contributed by atoms with Gasteiger partial charge >= 0.3 is 0 Å². The maximum absolute atomic E-state index is 8.71. The van der Waals surface area contributed by atoms with Crippen molar-refractivity contribution in [2.24, 2.45) is 5.11 Å². The lowest BCUT2D eigenvalue weighted by Crippen LogP contribution is -1.99. The maximum atomic E-state index is 8.71. The van der Waals surface area contributed by atoms with Crippen molar-refractivity contribution < 1.29 is 0 Å². The lowest BCUT2D eigenvalue weighted by Gasteiger charge is -2.06. The number of para-hydroxylation sites is 2. The Bertz CT molecular complexity index is 1950. The summed E-state index contributed by atoms with van der Waals surface area (Å²) in [7, 11) is 0. The minimum atomic E-state index is 0.476. The molecule has 8 heteroatoms. The fraction of sp³-hybridized carbons (Fsp3) is 0.0909. The first kappa shape index (κ1) is 25.2. The van der Waals surface area contributed by atoms with E-state index in [1.807, 2.05) is 24.3 Å². The summed E-state index contributed by atoms with van der Waals surface area (Å²) in [4.78, 5) is 12.4. The third-order valence-electron chi connectivity index (χ3n) is 7.07. The van der Waals surface area contributed by atoms with Crippen LogP contribution in [0.2, 0.25) is 0 Å². The molecule has 0 atom stereocenters. The van der Waals surface area contributed by atoms with Crippen LogP contribution in [0.5, 0.6) is 0 Å². The Morgan fingerprint density at radius 1 is 0.707 bits per heavy atom. The van der Waals surface area contributed by atoms with Crippen LogP contribution in [-0.4, -0.2) is 21.1 Å². The molecule has 0 radical (unpaired) electrons. The number of benzene rings is 4. The summed E-state index contributed by atoms with van der Waals surface area (Å²) in [5.74, 6) is 0. The Labute approximate surface area is 244 Å². The molecule has 0 aliphatic heterocycles. The highest BCUT2D eigenvalue weighted by Crippen LogP contribution is 2.33. The summed E-state index contributed by atoms with van der Waals surface area (Å²) in [5.41, 5.74) is 15.4. The van der Waals surface area contributed by atoms with E-state index in [4.69, 9.17) is 15.5 Å². The fourth-order valence-electron chi connectivity index (χ4n) is 5.19. The zero-order valence-electron chi connectivity index (χ0n) is 22.0. The van der Waals surface area contributed by atoms with Crippen LogP contribution in [0.3, 0.4) is 0 Å². The number of fused-ring (bicyclic) bond motifs is 5. The van der Waals surface area contributed by atoms with Crippen molar-refractivity contribution in [1.29, 1.82) is 0 Å². The quantitative estimate of drug-likeness (QED) is 0.0791. The van der Waals surface area contributed by atoms with E-state index in [1.165, 1.54) is 31.2 Å². The van der Waals surface area contributed by atoms with Crippen LogP contribution in [0.25, 0.3) is 77.0 Å². The Balaban J connectivity index is 1.26. The molecule has 0 aliphatic carbocycles. The minimum absolute atomic E-state index is 0.476. The molecule has 4 aromatic carbocycles. The van der Waals surface area contributed by atoms with Crippen LogP contribution < -0.4 is 0 Å². The fourth-order valence-corrected chi connectivity index (χ4v) is 6.93. The van der Waals surface area contributed by atoms with Crippen LogP contribution in [0, 0.1) is 0 Å². The lowest BCUT2D eigenvalue weighted by molar-refractivity contribution is 0.685. The molecule has 0 spiro atoms. The molecular weight excluding hydrogens is 545 g/mol. The third kappa shape index (κ3) is 5.12. The number of hydrogen-bond donors (Lipinski definition) is 0. The van der Waals surface area contributed by atoms with Crippen molar-refractivity contribution in [3.63, 3.8) is 0 Å². The summed E-state index contributed by atoms with van der Waals surface area (Å²) in [6, 6.07) is 29.7. The summed E-state index contributed by atoms with van der Waals surface area (Å²) < 4.78 is 4.72. The van der Waals surface area contributed by atoms with Crippen molar-refractivity contribution >= 4 is 89.2 Å². The standard InChI is InChI=1S/C33H24N6S2/c34-38-35-18-5-19-39-28-14-10-22(12-16-32-36-26-6-1-3-8-30(26)40-32)20-24(28)25-21-23(11-15-29(25)39)13-17-33-37-27-7-2-4-9-31(27)41-33/h1-4,6-17,20-21H,5,18-19H2/b16-12+,17-13+. The monoisotopic (exact) mass is 568 g/mol. The summed E-state index contributed by atoms with van der Waals surface area (Å²) in [6.07, 6.45) is 9.24. The van der Waals surface area contributed by atoms with E-state index in [0.717, 1.165) is 45.1 Å². The SMILES string of the molecule is [N-]=[N+]=NCCCn1c2ccc(/C=C/c3nc4ccccc4s3)cc2c2cc(/C=C/c3nc4ccccc4s3)ccc21. The number of aryl methyl sites for hydroxylation is 1. The molecule has 41 heavy (non-hydrogen) atoms. The molecular formula is C33H24N6S2. The number of rotatable bonds is 8. The zero-order chi connectivity index (χ0) is 27.6. The van der Waals surface area contributed by atoms with E-state index in [-0.39, 0.29) is 0 Å². The van der Waals surface area contributed by atoms with Gasteiger partial charge in [0.15, 0.2) is 0 Å². The lowest BCUT2D eigenvalue weighted by atomic mass is 10.1. The van der Waals surface area contributed by atoms with Gasteiger partial charge in [0.2, 0.25) is 0 Å². The second-order valence-corrected chi connectivity index (χ2v) is 11.8. The van der Waals surface area contributed by atoms with Gasteiger partial charge in [0.1, 0.15) is 10.0 Å². The predicted octanol–water partition coefficient (Wildman–Crippen LogP) is 10.1. The molecule has 3 aromatic heterocycles. The first-order valence-corrected chi connectivity index (χ1v) is 15.0. The molecule has 0 aliphatic rings. The molecule has 3 heterocycles. The van der Waals surface area contributed by atoms with Crippen LogP contribution in [0.4, 0.5) is 0 Å². The van der Waals surface area contributed by atoms with Crippen LogP contribution in [0.15, 0.2) is 90.0 Å². The number of nitrogens with zero attached hydrogens (tertiary/aromatic N) is 6. The Kier molecular flexibility index (Phi) is 6.78. The second-order valence-electron chi connectivity index (χ2n) is 9.72. The minimum Gasteiger partial charge on any atom is -0.340 e. The summed E-state index contributed by atoms with van der Waals surface area (Å²) >= 11 is 3.40. The van der Waals surface area contributed by atoms with E-state index in [9.17, 15) is 0 Å². The molecule has 0 unspecified atom stereocenters. The second kappa shape index (κ2) is 11.0. The maximum Gasteiger partial charge on any atom is 0.117 e. The normalized spacial score (nSPS) is 12.0. The summed E-state index contributed by atoms with van der Waals surface area (Å²) in [5, 5.41) is 8.12. The van der Waals surface area contributed by atoms with Gasteiger partial charge in [-0.15, -0.1) is 22.7 Å². The van der Waals surface area contributed by atoms with Crippen LogP contribution in [0.1, 0.15) is 27.6 Å². The first-order chi connectivity index (χ1) is 20.2. The molecule has 7 aromatic rings. The number of hydrogen-bond acceptors (Lipinski definition) is 5. The molecule has 7 rings (SSSR count). The van der Waals surface area contributed by atoms with E-state index >= 15 is 0 Å². The van der Waals surface area contributed by atoms with Crippen molar-refractivity contribution in [2.45, 2.75) is 13.0 Å². The summed E-state index contributed by atoms with van der Waals surface area (Å²) in [6.45, 7) is 1.25. The molecule has 198 valence electrons. The topological polar surface area (TPSA) is 79.5 Å². The molecule has 0 N–H and O–H groups in total. The number of thiazole rings is 2. The van der Waals surface area contributed by atoms with Gasteiger partial charge in [-0.05, 0) is 83.8 Å². The van der Waals surface area contributed by atoms with Gasteiger partial charge in [-0.25, -0.2) is 9.97 Å². The molecule has 0 saturated carbocycles. The van der Waals surface area contributed by atoms with Gasteiger partial charge in [0.05, 0.1) is 20.4 Å². The third-order valence-corrected chi connectivity index (χ3v) is 9.08. The highest BCUT2D eigenvalue weighted by molar-refractivity contribution is 7.19. The molecule has 0 bridgehead atoms. The van der Waals surface area contributed by atoms with Gasteiger partial charge in [0.25, 0.3) is 0 Å². The Morgan fingerprint density at radius 2 is 1.24 bits per heavy atom. The predicted molar refractivity (Wildman–Crippen MR) is 175 cm³/mol. The van der Waals surface area contributed by atoms with Crippen molar-refractivity contribution in [3.05, 3.63) is 117 Å². The van der Waals surface area contributed by atoms with Gasteiger partial charge in [-0.2, -0.15) is 0 Å². The van der Waals surface area contributed by atoms with E-state index in [1.54, 1.807) is 22.7 Å². The van der Waals surface area contributed by atoms with E-state index in [2.05, 4.69) is 99.6 Å². The van der Waals surface area contributed by atoms with Crippen molar-refractivity contribution in [1.82, 2.24) is 14.5 Å². The Hall–Kier alpha value is -4.75. The van der Waals surface area contributed by atoms with Gasteiger partial charge in [0, 0.05) is 39.8 Å². The molecule has 0 saturated heterocycles. The Morgan fingerprint density at radius 3 is 1.76 bits per heavy atom. The van der Waals surface area contributed by atoms with Crippen molar-refractivity contribution in [2.75, 3.05) is 6.54 Å². The number of aromatic nitrogens is 3. The highest BCUT2D eigenvalue weighted by atomic mass is 32.1. The zero-order valence-corrected chi connectivity index (χ0v) is 23.6. The van der Waals surface area contributed by atoms with Gasteiger partial charge in [-0.1, -0.05) is 53.7 Å². The van der Waals surface area contributed by atoms with Crippen LogP contribution >= 0.6 is 22.7 Å². The van der Waals surface area contributed by atoms with E-state index in [0.29, 0.717) is 6.54 Å². The average Bonchev–Trinajstić information content (AvgIpc) is 3.70. The van der Waals surface area contributed by atoms with Crippen molar-refractivity contribution in [3.8, 4) is 0 Å². The highest BCUT2D eigenvalue weighted by Gasteiger charge is 2.12. The molecule has 6 nitrogen and oxygen atoms in total. The number of azide groups is 1. The largest absolute Gasteiger partial charge is 0.340 e. The first-order valence-electron chi connectivity index (χ1n) is 13.4. The van der Waals surface area contributed by atoms with Gasteiger partial charge < -0.3 is 4.57 Å².